The highest BCUT2D eigenvalue weighted by atomic mass is 16.6. The summed E-state index contributed by atoms with van der Waals surface area (Å²) in [5, 5.41) is 2.73. The molecule has 0 spiro atoms. The Kier molecular flexibility index (Phi) is 8.59. The van der Waals surface area contributed by atoms with Gasteiger partial charge in [-0.3, -0.25) is 0 Å². The molecular formula is C12H26N2O4. The number of methoxy groups -OCH3 is 1. The Labute approximate surface area is 109 Å². The molecule has 0 saturated heterocycles. The van der Waals surface area contributed by atoms with Crippen molar-refractivity contribution in [2.45, 2.75) is 51.8 Å². The van der Waals surface area contributed by atoms with Crippen LogP contribution in [-0.4, -0.2) is 43.8 Å². The highest BCUT2D eigenvalue weighted by molar-refractivity contribution is 5.68. The zero-order valence-corrected chi connectivity index (χ0v) is 12.2. The van der Waals surface area contributed by atoms with Crippen LogP contribution in [0.4, 0.5) is 4.79 Å². The summed E-state index contributed by atoms with van der Waals surface area (Å²) in [5.74, 6) is 0. The number of ether oxygens (including phenoxy) is 2. The van der Waals surface area contributed by atoms with Crippen LogP contribution in [0.2, 0.25) is 0 Å². The summed E-state index contributed by atoms with van der Waals surface area (Å²) >= 11 is 0. The van der Waals surface area contributed by atoms with Gasteiger partial charge in [0.2, 0.25) is 0 Å². The van der Waals surface area contributed by atoms with Gasteiger partial charge in [0, 0.05) is 7.11 Å². The van der Waals surface area contributed by atoms with Crippen molar-refractivity contribution in [1.29, 1.82) is 0 Å². The molecule has 6 heteroatoms. The van der Waals surface area contributed by atoms with Gasteiger partial charge in [-0.25, -0.2) is 4.79 Å². The van der Waals surface area contributed by atoms with Crippen molar-refractivity contribution in [3.05, 3.63) is 0 Å². The van der Waals surface area contributed by atoms with E-state index in [0.29, 0.717) is 6.61 Å². The molecule has 1 amide bonds. The molecule has 1 atom stereocenters. The van der Waals surface area contributed by atoms with Crippen molar-refractivity contribution in [1.82, 2.24) is 5.32 Å². The smallest absolute Gasteiger partial charge is 0.408 e. The predicted molar refractivity (Wildman–Crippen MR) is 70.4 cm³/mol. The van der Waals surface area contributed by atoms with Crippen molar-refractivity contribution in [3.63, 3.8) is 0 Å². The van der Waals surface area contributed by atoms with Crippen molar-refractivity contribution < 1.29 is 19.1 Å². The number of hydrogen-bond acceptors (Lipinski definition) is 5. The van der Waals surface area contributed by atoms with Gasteiger partial charge in [-0.05, 0) is 34.6 Å². The van der Waals surface area contributed by atoms with Crippen molar-refractivity contribution in [3.8, 4) is 0 Å². The summed E-state index contributed by atoms with van der Waals surface area (Å²) in [6.07, 6.45) is -0.468. The molecule has 0 aromatic heterocycles. The Morgan fingerprint density at radius 2 is 1.72 bits per heavy atom. The molecule has 0 aromatic rings. The van der Waals surface area contributed by atoms with Gasteiger partial charge < -0.3 is 25.3 Å². The first-order valence-electron chi connectivity index (χ1n) is 5.63. The summed E-state index contributed by atoms with van der Waals surface area (Å²) in [6.45, 7) is 11.5. The summed E-state index contributed by atoms with van der Waals surface area (Å²) in [4.78, 5) is 19.6. The maximum atomic E-state index is 11.6. The monoisotopic (exact) mass is 262 g/mol. The lowest BCUT2D eigenvalue weighted by molar-refractivity contribution is -0.0980. The van der Waals surface area contributed by atoms with Gasteiger partial charge in [0.1, 0.15) is 12.4 Å². The maximum Gasteiger partial charge on any atom is 0.408 e. The second kappa shape index (κ2) is 8.05. The van der Waals surface area contributed by atoms with E-state index in [1.807, 2.05) is 41.4 Å². The first-order chi connectivity index (χ1) is 8.08. The fourth-order valence-electron chi connectivity index (χ4n) is 1.05. The van der Waals surface area contributed by atoms with E-state index in [1.165, 1.54) is 0 Å². The molecule has 0 aliphatic heterocycles. The number of nitrogens with one attached hydrogen (secondary N) is 1. The van der Waals surface area contributed by atoms with Crippen LogP contribution in [0.1, 0.15) is 34.6 Å². The van der Waals surface area contributed by atoms with Gasteiger partial charge in [-0.2, -0.15) is 0 Å². The Balaban J connectivity index is 0. The Morgan fingerprint density at radius 3 is 2.06 bits per heavy atom. The molecule has 18 heavy (non-hydrogen) atoms. The van der Waals surface area contributed by atoms with Crippen molar-refractivity contribution in [2.75, 3.05) is 13.7 Å². The second-order valence-corrected chi connectivity index (χ2v) is 5.41. The number of rotatable bonds is 4. The lowest BCUT2D eigenvalue weighted by atomic mass is 9.96. The summed E-state index contributed by atoms with van der Waals surface area (Å²) in [5.41, 5.74) is 4.80. The van der Waals surface area contributed by atoms with Crippen LogP contribution in [0.3, 0.4) is 0 Å². The highest BCUT2D eigenvalue weighted by Gasteiger charge is 2.30. The number of nitrogens with two attached hydrogens (primary N) is 1. The summed E-state index contributed by atoms with van der Waals surface area (Å²) in [7, 11) is 1.57. The third-order valence-electron chi connectivity index (χ3n) is 2.10. The predicted octanol–water partition coefficient (Wildman–Crippen LogP) is 1.08. The quantitative estimate of drug-likeness (QED) is 0.791. The zero-order valence-electron chi connectivity index (χ0n) is 12.2. The SMILES string of the molecule is C=O.COC[C@@H](N)C(C)(C)NC(=O)OC(C)(C)C. The fraction of sp³-hybridized carbons (Fsp3) is 0.833. The zero-order chi connectivity index (χ0) is 15.0. The molecule has 108 valence electrons. The summed E-state index contributed by atoms with van der Waals surface area (Å²) < 4.78 is 10.1. The molecule has 0 rings (SSSR count). The third-order valence-corrected chi connectivity index (χ3v) is 2.10. The van der Waals surface area contributed by atoms with Crippen LogP contribution in [0.15, 0.2) is 0 Å². The van der Waals surface area contributed by atoms with Gasteiger partial charge in [0.25, 0.3) is 0 Å². The number of hydrogen-bond donors (Lipinski definition) is 2. The summed E-state index contributed by atoms with van der Waals surface area (Å²) in [6, 6.07) is -0.287. The molecule has 0 aromatic carbocycles. The molecule has 0 aliphatic rings. The second-order valence-electron chi connectivity index (χ2n) is 5.41. The van der Waals surface area contributed by atoms with E-state index in [-0.39, 0.29) is 6.04 Å². The lowest BCUT2D eigenvalue weighted by Crippen LogP contribution is -2.58. The van der Waals surface area contributed by atoms with Gasteiger partial charge in [0.05, 0.1) is 18.2 Å². The average Bonchev–Trinajstić information content (AvgIpc) is 2.17. The first kappa shape index (κ1) is 19.2. The van der Waals surface area contributed by atoms with Crippen LogP contribution < -0.4 is 11.1 Å². The molecule has 0 radical (unpaired) electrons. The maximum absolute atomic E-state index is 11.6. The average molecular weight is 262 g/mol. The van der Waals surface area contributed by atoms with Crippen LogP contribution in [0, 0.1) is 0 Å². The minimum absolute atomic E-state index is 0.287. The molecule has 0 fully saturated rings. The minimum atomic E-state index is -0.571. The Bertz CT molecular complexity index is 249. The number of carbonyl (C=O) groups is 2. The number of carbonyl (C=O) groups excluding carboxylic acids is 2. The normalized spacial score (nSPS) is 13.1. The van der Waals surface area contributed by atoms with Crippen molar-refractivity contribution in [2.24, 2.45) is 5.73 Å². The standard InChI is InChI=1S/C11H24N2O3.CH2O/c1-10(2,3)16-9(14)13-11(4,5)8(12)7-15-6;1-2/h8H,7,12H2,1-6H3,(H,13,14);1H2/t8-;/m1./s1. The molecule has 0 aliphatic carbocycles. The van der Waals surface area contributed by atoms with Crippen molar-refractivity contribution >= 4 is 12.9 Å². The lowest BCUT2D eigenvalue weighted by Gasteiger charge is -2.33. The van der Waals surface area contributed by atoms with Gasteiger partial charge in [-0.15, -0.1) is 0 Å². The number of alkyl carbamates (subject to hydrolysis) is 1. The van der Waals surface area contributed by atoms with Crippen LogP contribution in [0.5, 0.6) is 0 Å². The van der Waals surface area contributed by atoms with Gasteiger partial charge >= 0.3 is 6.09 Å². The minimum Gasteiger partial charge on any atom is -0.444 e. The molecule has 0 bridgehead atoms. The van der Waals surface area contributed by atoms with E-state index in [4.69, 9.17) is 20.0 Å². The van der Waals surface area contributed by atoms with E-state index < -0.39 is 17.2 Å². The molecule has 0 saturated carbocycles. The largest absolute Gasteiger partial charge is 0.444 e. The van der Waals surface area contributed by atoms with Gasteiger partial charge in [0.15, 0.2) is 0 Å². The van der Waals surface area contributed by atoms with Crippen LogP contribution in [-0.2, 0) is 14.3 Å². The molecule has 6 nitrogen and oxygen atoms in total. The third kappa shape index (κ3) is 8.95. The van der Waals surface area contributed by atoms with E-state index in [9.17, 15) is 4.79 Å². The Hall–Kier alpha value is -1.14. The topological polar surface area (TPSA) is 90.6 Å². The van der Waals surface area contributed by atoms with E-state index in [2.05, 4.69) is 5.32 Å². The fourth-order valence-corrected chi connectivity index (χ4v) is 1.05. The molecule has 3 N–H and O–H groups in total. The molecule has 0 unspecified atom stereocenters. The van der Waals surface area contributed by atoms with Crippen LogP contribution in [0.25, 0.3) is 0 Å². The van der Waals surface area contributed by atoms with E-state index in [0.717, 1.165) is 0 Å². The number of amides is 1. The first-order valence-corrected chi connectivity index (χ1v) is 5.63. The highest BCUT2D eigenvalue weighted by Crippen LogP contribution is 2.11. The molecule has 0 heterocycles. The van der Waals surface area contributed by atoms with Crippen LogP contribution >= 0.6 is 0 Å². The van der Waals surface area contributed by atoms with Gasteiger partial charge in [-0.1, -0.05) is 0 Å². The molecular weight excluding hydrogens is 236 g/mol. The van der Waals surface area contributed by atoms with E-state index >= 15 is 0 Å². The van der Waals surface area contributed by atoms with E-state index in [1.54, 1.807) is 7.11 Å². The Morgan fingerprint density at radius 1 is 1.28 bits per heavy atom.